The van der Waals surface area contributed by atoms with Crippen LogP contribution in [0, 0.1) is 5.92 Å². The molecule has 2 rings (SSSR count). The summed E-state index contributed by atoms with van der Waals surface area (Å²) in [4.78, 5) is 0. The van der Waals surface area contributed by atoms with E-state index in [2.05, 4.69) is 0 Å². The van der Waals surface area contributed by atoms with Crippen LogP contribution in [0.25, 0.3) is 0 Å². The Morgan fingerprint density at radius 2 is 1.93 bits per heavy atom. The summed E-state index contributed by atoms with van der Waals surface area (Å²) in [6.45, 7) is 0.602. The maximum absolute atomic E-state index is 5.93. The molecule has 2 nitrogen and oxygen atoms in total. The number of benzene rings is 1. The van der Waals surface area contributed by atoms with Crippen molar-refractivity contribution in [3.63, 3.8) is 0 Å². The Morgan fingerprint density at radius 1 is 1.36 bits per heavy atom. The fourth-order valence-corrected chi connectivity index (χ4v) is 1.78. The monoisotopic (exact) mass is 231 g/mol. The van der Waals surface area contributed by atoms with Crippen molar-refractivity contribution < 1.29 is 4.74 Å². The first-order valence-corrected chi connectivity index (χ1v) is 5.26. The molecule has 1 aliphatic carbocycles. The molecule has 14 heavy (non-hydrogen) atoms. The van der Waals surface area contributed by atoms with Crippen molar-refractivity contribution in [2.45, 2.75) is 12.5 Å². The van der Waals surface area contributed by atoms with Crippen LogP contribution in [-0.4, -0.2) is 12.6 Å². The van der Waals surface area contributed by atoms with Gasteiger partial charge in [-0.2, -0.15) is 0 Å². The van der Waals surface area contributed by atoms with Crippen LogP contribution in [-0.2, 0) is 0 Å². The van der Waals surface area contributed by atoms with Gasteiger partial charge in [-0.15, -0.1) is 0 Å². The van der Waals surface area contributed by atoms with E-state index in [1.165, 1.54) is 0 Å². The van der Waals surface area contributed by atoms with E-state index >= 15 is 0 Å². The minimum atomic E-state index is 0.288. The molecule has 1 saturated carbocycles. The van der Waals surface area contributed by atoms with E-state index in [1.54, 1.807) is 18.2 Å². The van der Waals surface area contributed by atoms with Gasteiger partial charge in [0.05, 0.1) is 16.7 Å². The van der Waals surface area contributed by atoms with Gasteiger partial charge in [-0.25, -0.2) is 0 Å². The highest BCUT2D eigenvalue weighted by atomic mass is 35.5. The molecule has 2 atom stereocenters. The third-order valence-corrected chi connectivity index (χ3v) is 2.93. The Bertz CT molecular complexity index is 323. The standard InChI is InChI=1S/C10H11Cl2NO/c11-7-2-1-3-8(12)10(7)14-5-6-4-9(6)13/h1-3,6,9H,4-5,13H2. The number of halogens is 2. The molecule has 0 radical (unpaired) electrons. The first-order valence-electron chi connectivity index (χ1n) is 4.51. The summed E-state index contributed by atoms with van der Waals surface area (Å²) in [7, 11) is 0. The van der Waals surface area contributed by atoms with Crippen molar-refractivity contribution >= 4 is 23.2 Å². The van der Waals surface area contributed by atoms with E-state index < -0.39 is 0 Å². The van der Waals surface area contributed by atoms with Gasteiger partial charge in [-0.05, 0) is 18.6 Å². The fourth-order valence-electron chi connectivity index (χ4n) is 1.27. The second-order valence-electron chi connectivity index (χ2n) is 3.52. The van der Waals surface area contributed by atoms with Crippen LogP contribution in [0.1, 0.15) is 6.42 Å². The van der Waals surface area contributed by atoms with Crippen LogP contribution >= 0.6 is 23.2 Å². The van der Waals surface area contributed by atoms with Gasteiger partial charge in [0.15, 0.2) is 5.75 Å². The van der Waals surface area contributed by atoms with Crippen molar-refractivity contribution in [2.24, 2.45) is 11.7 Å². The van der Waals surface area contributed by atoms with E-state index in [4.69, 9.17) is 33.7 Å². The van der Waals surface area contributed by atoms with E-state index in [0.29, 0.717) is 28.3 Å². The summed E-state index contributed by atoms with van der Waals surface area (Å²) in [5.41, 5.74) is 5.66. The van der Waals surface area contributed by atoms with Crippen LogP contribution in [0.2, 0.25) is 10.0 Å². The largest absolute Gasteiger partial charge is 0.490 e. The molecule has 0 saturated heterocycles. The fraction of sp³-hybridized carbons (Fsp3) is 0.400. The van der Waals surface area contributed by atoms with Crippen molar-refractivity contribution in [2.75, 3.05) is 6.61 Å². The van der Waals surface area contributed by atoms with Gasteiger partial charge in [0.25, 0.3) is 0 Å². The van der Waals surface area contributed by atoms with Gasteiger partial charge in [-0.3, -0.25) is 0 Å². The van der Waals surface area contributed by atoms with Crippen molar-refractivity contribution in [3.8, 4) is 5.75 Å². The summed E-state index contributed by atoms with van der Waals surface area (Å²) in [5.74, 6) is 1.03. The molecule has 0 aromatic heterocycles. The number of nitrogens with two attached hydrogens (primary N) is 1. The lowest BCUT2D eigenvalue weighted by Crippen LogP contribution is -2.09. The van der Waals surface area contributed by atoms with Crippen molar-refractivity contribution in [3.05, 3.63) is 28.2 Å². The van der Waals surface area contributed by atoms with E-state index in [9.17, 15) is 0 Å². The van der Waals surface area contributed by atoms with E-state index in [-0.39, 0.29) is 6.04 Å². The summed E-state index contributed by atoms with van der Waals surface area (Å²) in [6, 6.07) is 5.60. The number of para-hydroxylation sites is 1. The molecular weight excluding hydrogens is 221 g/mol. The number of hydrogen-bond donors (Lipinski definition) is 1. The summed E-state index contributed by atoms with van der Waals surface area (Å²) in [5, 5.41) is 1.10. The quantitative estimate of drug-likeness (QED) is 0.869. The summed E-state index contributed by atoms with van der Waals surface area (Å²) < 4.78 is 5.52. The van der Waals surface area contributed by atoms with Gasteiger partial charge in [0, 0.05) is 12.0 Å². The smallest absolute Gasteiger partial charge is 0.156 e. The lowest BCUT2D eigenvalue weighted by molar-refractivity contribution is 0.297. The highest BCUT2D eigenvalue weighted by molar-refractivity contribution is 6.37. The van der Waals surface area contributed by atoms with Crippen LogP contribution < -0.4 is 10.5 Å². The van der Waals surface area contributed by atoms with E-state index in [1.807, 2.05) is 0 Å². The topological polar surface area (TPSA) is 35.2 Å². The van der Waals surface area contributed by atoms with Crippen molar-refractivity contribution in [1.82, 2.24) is 0 Å². The minimum Gasteiger partial charge on any atom is -0.490 e. The molecule has 1 fully saturated rings. The van der Waals surface area contributed by atoms with Gasteiger partial charge >= 0.3 is 0 Å². The Morgan fingerprint density at radius 3 is 2.43 bits per heavy atom. The van der Waals surface area contributed by atoms with Gasteiger partial charge in [0.1, 0.15) is 0 Å². The van der Waals surface area contributed by atoms with Crippen LogP contribution in [0.15, 0.2) is 18.2 Å². The van der Waals surface area contributed by atoms with Crippen molar-refractivity contribution in [1.29, 1.82) is 0 Å². The second kappa shape index (κ2) is 3.97. The minimum absolute atomic E-state index is 0.288. The molecule has 0 amide bonds. The molecule has 1 aromatic rings. The number of ether oxygens (including phenoxy) is 1. The highest BCUT2D eigenvalue weighted by Gasteiger charge is 2.34. The SMILES string of the molecule is NC1CC1COc1c(Cl)cccc1Cl. The lowest BCUT2D eigenvalue weighted by Gasteiger charge is -2.08. The Kier molecular flexibility index (Phi) is 2.86. The maximum Gasteiger partial charge on any atom is 0.156 e. The van der Waals surface area contributed by atoms with Crippen LogP contribution in [0.4, 0.5) is 0 Å². The zero-order chi connectivity index (χ0) is 10.1. The molecule has 2 N–H and O–H groups in total. The summed E-state index contributed by atoms with van der Waals surface area (Å²) in [6.07, 6.45) is 1.03. The number of hydrogen-bond acceptors (Lipinski definition) is 2. The van der Waals surface area contributed by atoms with Crippen LogP contribution in [0.3, 0.4) is 0 Å². The zero-order valence-corrected chi connectivity index (χ0v) is 9.05. The predicted molar refractivity (Wildman–Crippen MR) is 58.0 cm³/mol. The molecule has 76 valence electrons. The molecule has 4 heteroatoms. The molecule has 0 bridgehead atoms. The molecule has 2 unspecified atom stereocenters. The first-order chi connectivity index (χ1) is 6.68. The zero-order valence-electron chi connectivity index (χ0n) is 7.54. The molecule has 0 aliphatic heterocycles. The van der Waals surface area contributed by atoms with Gasteiger partial charge < -0.3 is 10.5 Å². The summed E-state index contributed by atoms with van der Waals surface area (Å²) >= 11 is 11.9. The third kappa shape index (κ3) is 2.14. The van der Waals surface area contributed by atoms with E-state index in [0.717, 1.165) is 6.42 Å². The maximum atomic E-state index is 5.93. The van der Waals surface area contributed by atoms with Gasteiger partial charge in [0.2, 0.25) is 0 Å². The second-order valence-corrected chi connectivity index (χ2v) is 4.34. The molecule has 1 aromatic carbocycles. The average molecular weight is 232 g/mol. The molecular formula is C10H11Cl2NO. The Labute approximate surface area is 92.9 Å². The molecule has 1 aliphatic rings. The predicted octanol–water partition coefficient (Wildman–Crippen LogP) is 2.72. The highest BCUT2D eigenvalue weighted by Crippen LogP contribution is 2.35. The lowest BCUT2D eigenvalue weighted by atomic mass is 10.3. The average Bonchev–Trinajstić information content (AvgIpc) is 2.81. The normalized spacial score (nSPS) is 24.8. The number of rotatable bonds is 3. The first kappa shape index (κ1) is 10.1. The Balaban J connectivity index is 2.01. The van der Waals surface area contributed by atoms with Crippen LogP contribution in [0.5, 0.6) is 5.75 Å². The molecule has 0 heterocycles. The Hall–Kier alpha value is -0.440. The third-order valence-electron chi connectivity index (χ3n) is 2.34. The van der Waals surface area contributed by atoms with Gasteiger partial charge in [-0.1, -0.05) is 29.3 Å². The molecule has 0 spiro atoms.